The van der Waals surface area contributed by atoms with Gasteiger partial charge in [-0.25, -0.2) is 0 Å². The van der Waals surface area contributed by atoms with Gasteiger partial charge in [-0.05, 0) is 50.1 Å². The Bertz CT molecular complexity index is 764. The fourth-order valence-electron chi connectivity index (χ4n) is 3.51. The van der Waals surface area contributed by atoms with E-state index in [-0.39, 0.29) is 5.91 Å². The number of nitrogens with zero attached hydrogens (tertiary/aromatic N) is 2. The third-order valence-corrected chi connectivity index (χ3v) is 5.04. The smallest absolute Gasteiger partial charge is 0.224 e. The Hall–Kier alpha value is -2.49. The van der Waals surface area contributed by atoms with Crippen molar-refractivity contribution >= 4 is 17.3 Å². The van der Waals surface area contributed by atoms with Gasteiger partial charge in [0.1, 0.15) is 0 Å². The van der Waals surface area contributed by atoms with Crippen molar-refractivity contribution in [2.24, 2.45) is 0 Å². The fourth-order valence-corrected chi connectivity index (χ4v) is 3.51. The molecule has 3 rings (SSSR count). The number of carbonyl (C=O) groups excluding carboxylic acids is 1. The first-order chi connectivity index (χ1) is 12.5. The number of amides is 1. The van der Waals surface area contributed by atoms with E-state index in [9.17, 15) is 4.79 Å². The highest BCUT2D eigenvalue weighted by Crippen LogP contribution is 2.18. The first kappa shape index (κ1) is 18.3. The molecule has 1 saturated heterocycles. The zero-order valence-electron chi connectivity index (χ0n) is 16.1. The topological polar surface area (TPSA) is 35.6 Å². The summed E-state index contributed by atoms with van der Waals surface area (Å²) in [5, 5.41) is 3.39. The van der Waals surface area contributed by atoms with E-state index < -0.39 is 0 Å². The Morgan fingerprint density at radius 1 is 0.962 bits per heavy atom. The molecule has 0 aliphatic carbocycles. The van der Waals surface area contributed by atoms with Gasteiger partial charge in [-0.1, -0.05) is 29.8 Å². The Kier molecular flexibility index (Phi) is 5.82. The number of benzene rings is 2. The first-order valence-corrected chi connectivity index (χ1v) is 9.43. The Balaban J connectivity index is 1.45. The van der Waals surface area contributed by atoms with Gasteiger partial charge >= 0.3 is 0 Å². The molecule has 1 heterocycles. The molecule has 0 unspecified atom stereocenters. The van der Waals surface area contributed by atoms with Crippen LogP contribution in [0, 0.1) is 20.8 Å². The molecule has 1 fully saturated rings. The lowest BCUT2D eigenvalue weighted by Crippen LogP contribution is -2.49. The van der Waals surface area contributed by atoms with Crippen molar-refractivity contribution in [3.63, 3.8) is 0 Å². The standard InChI is InChI=1S/C22H29N3O/c1-17-5-4-6-20(16-17)24-11-13-25(14-12-24)22(26)9-10-23-21-8-7-18(2)15-19(21)3/h4-8,15-16,23H,9-14H2,1-3H3. The van der Waals surface area contributed by atoms with Crippen LogP contribution in [-0.2, 0) is 4.79 Å². The maximum Gasteiger partial charge on any atom is 0.224 e. The zero-order chi connectivity index (χ0) is 18.5. The predicted octanol–water partition coefficient (Wildman–Crippen LogP) is 3.76. The highest BCUT2D eigenvalue weighted by molar-refractivity contribution is 5.77. The summed E-state index contributed by atoms with van der Waals surface area (Å²) in [5.74, 6) is 0.242. The van der Waals surface area contributed by atoms with Gasteiger partial charge in [0.05, 0.1) is 0 Å². The summed E-state index contributed by atoms with van der Waals surface area (Å²) in [6.45, 7) is 10.4. The molecule has 1 aliphatic heterocycles. The van der Waals surface area contributed by atoms with Crippen molar-refractivity contribution in [2.45, 2.75) is 27.2 Å². The maximum atomic E-state index is 12.5. The highest BCUT2D eigenvalue weighted by Gasteiger charge is 2.20. The van der Waals surface area contributed by atoms with Crippen LogP contribution in [0.25, 0.3) is 0 Å². The average molecular weight is 351 g/mol. The SMILES string of the molecule is Cc1cccc(N2CCN(C(=O)CCNc3ccc(C)cc3C)CC2)c1. The van der Waals surface area contributed by atoms with Crippen molar-refractivity contribution in [1.29, 1.82) is 0 Å². The lowest BCUT2D eigenvalue weighted by Gasteiger charge is -2.36. The molecule has 2 aromatic carbocycles. The van der Waals surface area contributed by atoms with E-state index in [2.05, 4.69) is 73.5 Å². The van der Waals surface area contributed by atoms with Crippen LogP contribution in [0.5, 0.6) is 0 Å². The molecular weight excluding hydrogens is 322 g/mol. The number of hydrogen-bond donors (Lipinski definition) is 1. The molecule has 4 heteroatoms. The van der Waals surface area contributed by atoms with Crippen LogP contribution in [0.15, 0.2) is 42.5 Å². The summed E-state index contributed by atoms with van der Waals surface area (Å²) in [7, 11) is 0. The molecule has 0 radical (unpaired) electrons. The molecule has 1 aliphatic rings. The van der Waals surface area contributed by atoms with E-state index in [1.807, 2.05) is 4.90 Å². The molecule has 0 atom stereocenters. The largest absolute Gasteiger partial charge is 0.384 e. The van der Waals surface area contributed by atoms with Gasteiger partial charge in [0.15, 0.2) is 0 Å². The second-order valence-electron chi connectivity index (χ2n) is 7.20. The van der Waals surface area contributed by atoms with Crippen LogP contribution in [0.2, 0.25) is 0 Å². The van der Waals surface area contributed by atoms with E-state index in [0.717, 1.165) is 31.9 Å². The van der Waals surface area contributed by atoms with Gasteiger partial charge in [-0.3, -0.25) is 4.79 Å². The lowest BCUT2D eigenvalue weighted by molar-refractivity contribution is -0.131. The number of rotatable bonds is 5. The minimum Gasteiger partial charge on any atom is -0.384 e. The molecule has 0 spiro atoms. The van der Waals surface area contributed by atoms with Gasteiger partial charge in [0, 0.05) is 50.5 Å². The number of aryl methyl sites for hydroxylation is 3. The lowest BCUT2D eigenvalue weighted by atomic mass is 10.1. The van der Waals surface area contributed by atoms with E-state index >= 15 is 0 Å². The van der Waals surface area contributed by atoms with Gasteiger partial charge in [0.2, 0.25) is 5.91 Å². The Morgan fingerprint density at radius 2 is 1.69 bits per heavy atom. The minimum atomic E-state index is 0.242. The van der Waals surface area contributed by atoms with Crippen LogP contribution in [0.1, 0.15) is 23.1 Å². The summed E-state index contributed by atoms with van der Waals surface area (Å²) in [4.78, 5) is 16.9. The van der Waals surface area contributed by atoms with Crippen LogP contribution in [0.4, 0.5) is 11.4 Å². The zero-order valence-corrected chi connectivity index (χ0v) is 16.1. The molecule has 138 valence electrons. The Labute approximate surface area is 156 Å². The van der Waals surface area contributed by atoms with Crippen molar-refractivity contribution in [1.82, 2.24) is 4.90 Å². The summed E-state index contributed by atoms with van der Waals surface area (Å²) in [6.07, 6.45) is 0.539. The molecule has 1 amide bonds. The number of anilines is 2. The van der Waals surface area contributed by atoms with Gasteiger partial charge in [0.25, 0.3) is 0 Å². The third kappa shape index (κ3) is 4.57. The number of carbonyl (C=O) groups is 1. The Morgan fingerprint density at radius 3 is 2.38 bits per heavy atom. The molecule has 26 heavy (non-hydrogen) atoms. The third-order valence-electron chi connectivity index (χ3n) is 5.04. The highest BCUT2D eigenvalue weighted by atomic mass is 16.2. The van der Waals surface area contributed by atoms with Gasteiger partial charge < -0.3 is 15.1 Å². The second kappa shape index (κ2) is 8.26. The monoisotopic (exact) mass is 351 g/mol. The molecule has 1 N–H and O–H groups in total. The van der Waals surface area contributed by atoms with Crippen LogP contribution in [-0.4, -0.2) is 43.5 Å². The van der Waals surface area contributed by atoms with Gasteiger partial charge in [-0.15, -0.1) is 0 Å². The average Bonchev–Trinajstić information content (AvgIpc) is 2.63. The van der Waals surface area contributed by atoms with E-state index in [1.165, 1.54) is 22.4 Å². The minimum absolute atomic E-state index is 0.242. The van der Waals surface area contributed by atoms with E-state index in [0.29, 0.717) is 13.0 Å². The summed E-state index contributed by atoms with van der Waals surface area (Å²) in [5.41, 5.74) is 6.14. The van der Waals surface area contributed by atoms with Crippen molar-refractivity contribution in [3.05, 3.63) is 59.2 Å². The molecule has 0 aromatic heterocycles. The second-order valence-corrected chi connectivity index (χ2v) is 7.20. The number of nitrogens with one attached hydrogen (secondary N) is 1. The number of hydrogen-bond acceptors (Lipinski definition) is 3. The van der Waals surface area contributed by atoms with Crippen LogP contribution < -0.4 is 10.2 Å². The number of piperazine rings is 1. The molecule has 0 saturated carbocycles. The van der Waals surface area contributed by atoms with Crippen LogP contribution in [0.3, 0.4) is 0 Å². The van der Waals surface area contributed by atoms with Crippen molar-refractivity contribution in [2.75, 3.05) is 42.9 Å². The maximum absolute atomic E-state index is 12.5. The summed E-state index contributed by atoms with van der Waals surface area (Å²) in [6, 6.07) is 14.9. The van der Waals surface area contributed by atoms with Crippen molar-refractivity contribution < 1.29 is 4.79 Å². The predicted molar refractivity (Wildman–Crippen MR) is 109 cm³/mol. The van der Waals surface area contributed by atoms with E-state index in [4.69, 9.17) is 0 Å². The molecule has 2 aromatic rings. The molecule has 0 bridgehead atoms. The van der Waals surface area contributed by atoms with Crippen molar-refractivity contribution in [3.8, 4) is 0 Å². The van der Waals surface area contributed by atoms with Gasteiger partial charge in [-0.2, -0.15) is 0 Å². The summed E-state index contributed by atoms with van der Waals surface area (Å²) < 4.78 is 0. The van der Waals surface area contributed by atoms with E-state index in [1.54, 1.807) is 0 Å². The van der Waals surface area contributed by atoms with Crippen LogP contribution >= 0.6 is 0 Å². The normalized spacial score (nSPS) is 14.4. The molecule has 4 nitrogen and oxygen atoms in total. The summed E-state index contributed by atoms with van der Waals surface area (Å²) >= 11 is 0. The fraction of sp³-hybridized carbons (Fsp3) is 0.409. The first-order valence-electron chi connectivity index (χ1n) is 9.43. The molecular formula is C22H29N3O. The quantitative estimate of drug-likeness (QED) is 0.891.